The summed E-state index contributed by atoms with van der Waals surface area (Å²) >= 11 is 0. The number of hydrogen-bond donors (Lipinski definition) is 0. The highest BCUT2D eigenvalue weighted by Crippen LogP contribution is 2.28. The molecule has 2 amide bonds. The molecule has 2 aromatic rings. The fourth-order valence-corrected chi connectivity index (χ4v) is 4.87. The number of piperazine rings is 1. The molecule has 2 aromatic carbocycles. The van der Waals surface area contributed by atoms with Crippen molar-refractivity contribution in [3.05, 3.63) is 59.2 Å². The fraction of sp³-hybridized carbons (Fsp3) is 0.481. The Labute approximate surface area is 207 Å². The van der Waals surface area contributed by atoms with Crippen LogP contribution in [0.15, 0.2) is 42.5 Å². The normalized spacial score (nSPS) is 21.0. The van der Waals surface area contributed by atoms with Gasteiger partial charge >= 0.3 is 0 Å². The summed E-state index contributed by atoms with van der Waals surface area (Å²) in [7, 11) is 3.11. The maximum atomic E-state index is 13.1. The highest BCUT2D eigenvalue weighted by molar-refractivity contribution is 5.96. The van der Waals surface area contributed by atoms with E-state index in [1.165, 1.54) is 5.56 Å². The topological polar surface area (TPSA) is 71.6 Å². The molecule has 2 unspecified atom stereocenters. The third-order valence-corrected chi connectivity index (χ3v) is 6.59. The van der Waals surface area contributed by atoms with E-state index in [1.807, 2.05) is 29.2 Å². The maximum absolute atomic E-state index is 13.1. The standard InChI is InChI=1S/C27H35N3O5/c1-19-16-28(17-20(2)35-19)18-21-5-7-22(8-6-21)26(31)29-11-13-30(14-12-29)27(32)23-9-10-24(33-3)25(15-23)34-4/h5-10,15,19-20H,11-14,16-18H2,1-4H3. The minimum atomic E-state index is -0.0749. The van der Waals surface area contributed by atoms with Gasteiger partial charge < -0.3 is 24.0 Å². The van der Waals surface area contributed by atoms with Crippen molar-refractivity contribution in [2.24, 2.45) is 0 Å². The van der Waals surface area contributed by atoms with Crippen LogP contribution in [-0.2, 0) is 11.3 Å². The lowest BCUT2D eigenvalue weighted by Gasteiger charge is -2.35. The van der Waals surface area contributed by atoms with Gasteiger partial charge in [0.25, 0.3) is 11.8 Å². The van der Waals surface area contributed by atoms with E-state index >= 15 is 0 Å². The van der Waals surface area contributed by atoms with Gasteiger partial charge in [0.05, 0.1) is 26.4 Å². The van der Waals surface area contributed by atoms with E-state index in [-0.39, 0.29) is 24.0 Å². The molecule has 2 atom stereocenters. The fourth-order valence-electron chi connectivity index (χ4n) is 4.87. The Morgan fingerprint density at radius 2 is 1.31 bits per heavy atom. The van der Waals surface area contributed by atoms with Gasteiger partial charge in [-0.05, 0) is 49.7 Å². The lowest BCUT2D eigenvalue weighted by Crippen LogP contribution is -2.50. The molecule has 0 radical (unpaired) electrons. The Morgan fingerprint density at radius 3 is 1.86 bits per heavy atom. The largest absolute Gasteiger partial charge is 0.493 e. The van der Waals surface area contributed by atoms with Crippen molar-refractivity contribution in [1.82, 2.24) is 14.7 Å². The van der Waals surface area contributed by atoms with E-state index in [1.54, 1.807) is 37.3 Å². The van der Waals surface area contributed by atoms with Crippen molar-refractivity contribution in [2.75, 3.05) is 53.5 Å². The van der Waals surface area contributed by atoms with Gasteiger partial charge in [-0.15, -0.1) is 0 Å². The lowest BCUT2D eigenvalue weighted by atomic mass is 10.1. The predicted molar refractivity (Wildman–Crippen MR) is 133 cm³/mol. The van der Waals surface area contributed by atoms with Gasteiger partial charge in [0, 0.05) is 56.9 Å². The van der Waals surface area contributed by atoms with Crippen molar-refractivity contribution in [2.45, 2.75) is 32.6 Å². The molecule has 35 heavy (non-hydrogen) atoms. The molecule has 2 fully saturated rings. The number of morpholine rings is 1. The average Bonchev–Trinajstić information content (AvgIpc) is 2.87. The van der Waals surface area contributed by atoms with Crippen molar-refractivity contribution in [3.63, 3.8) is 0 Å². The number of benzene rings is 2. The lowest BCUT2D eigenvalue weighted by molar-refractivity contribution is -0.0704. The summed E-state index contributed by atoms with van der Waals surface area (Å²) in [5.74, 6) is 1.03. The Balaban J connectivity index is 1.31. The van der Waals surface area contributed by atoms with Crippen LogP contribution in [0.25, 0.3) is 0 Å². The predicted octanol–water partition coefficient (Wildman–Crippen LogP) is 2.91. The quantitative estimate of drug-likeness (QED) is 0.632. The molecular weight excluding hydrogens is 446 g/mol. The summed E-state index contributed by atoms with van der Waals surface area (Å²) in [5.41, 5.74) is 2.41. The van der Waals surface area contributed by atoms with Crippen LogP contribution in [0.3, 0.4) is 0 Å². The van der Waals surface area contributed by atoms with Crippen LogP contribution in [0.5, 0.6) is 11.5 Å². The SMILES string of the molecule is COc1ccc(C(=O)N2CCN(C(=O)c3ccc(CN4CC(C)OC(C)C4)cc3)CC2)cc1OC. The number of methoxy groups -OCH3 is 2. The second kappa shape index (κ2) is 11.1. The second-order valence-electron chi connectivity index (χ2n) is 9.30. The zero-order valence-corrected chi connectivity index (χ0v) is 21.0. The zero-order valence-electron chi connectivity index (χ0n) is 21.0. The summed E-state index contributed by atoms with van der Waals surface area (Å²) in [4.78, 5) is 32.0. The first-order valence-electron chi connectivity index (χ1n) is 12.1. The summed E-state index contributed by atoms with van der Waals surface area (Å²) in [6.07, 6.45) is 0.466. The zero-order chi connectivity index (χ0) is 24.9. The van der Waals surface area contributed by atoms with Crippen LogP contribution in [0.4, 0.5) is 0 Å². The number of ether oxygens (including phenoxy) is 3. The van der Waals surface area contributed by atoms with Gasteiger partial charge in [0.2, 0.25) is 0 Å². The molecule has 2 aliphatic rings. The molecule has 2 saturated heterocycles. The Bertz CT molecular complexity index is 1020. The number of carbonyl (C=O) groups is 2. The molecule has 4 rings (SSSR count). The number of nitrogens with zero attached hydrogens (tertiary/aromatic N) is 3. The van der Waals surface area contributed by atoms with Crippen LogP contribution >= 0.6 is 0 Å². The van der Waals surface area contributed by atoms with E-state index in [0.29, 0.717) is 48.8 Å². The average molecular weight is 482 g/mol. The summed E-state index contributed by atoms with van der Waals surface area (Å²) in [6.45, 7) is 8.87. The second-order valence-corrected chi connectivity index (χ2v) is 9.30. The highest BCUT2D eigenvalue weighted by atomic mass is 16.5. The molecule has 0 saturated carbocycles. The van der Waals surface area contributed by atoms with E-state index in [9.17, 15) is 9.59 Å². The van der Waals surface area contributed by atoms with E-state index in [4.69, 9.17) is 14.2 Å². The van der Waals surface area contributed by atoms with Gasteiger partial charge in [-0.1, -0.05) is 12.1 Å². The first-order valence-corrected chi connectivity index (χ1v) is 12.1. The minimum Gasteiger partial charge on any atom is -0.493 e. The first kappa shape index (κ1) is 25.0. The maximum Gasteiger partial charge on any atom is 0.254 e. The smallest absolute Gasteiger partial charge is 0.254 e. The third-order valence-electron chi connectivity index (χ3n) is 6.59. The molecule has 2 heterocycles. The van der Waals surface area contributed by atoms with Gasteiger partial charge in [0.15, 0.2) is 11.5 Å². The van der Waals surface area contributed by atoms with Crippen LogP contribution in [0.2, 0.25) is 0 Å². The Kier molecular flexibility index (Phi) is 7.93. The molecule has 2 aliphatic heterocycles. The van der Waals surface area contributed by atoms with Gasteiger partial charge in [-0.25, -0.2) is 0 Å². The molecule has 188 valence electrons. The number of rotatable bonds is 6. The molecule has 0 spiro atoms. The number of amides is 2. The monoisotopic (exact) mass is 481 g/mol. The van der Waals surface area contributed by atoms with Crippen LogP contribution in [0.1, 0.15) is 40.1 Å². The minimum absolute atomic E-state index is 0.00313. The Hall–Kier alpha value is -3.10. The highest BCUT2D eigenvalue weighted by Gasteiger charge is 2.26. The molecule has 8 nitrogen and oxygen atoms in total. The van der Waals surface area contributed by atoms with Gasteiger partial charge in [-0.2, -0.15) is 0 Å². The van der Waals surface area contributed by atoms with E-state index < -0.39 is 0 Å². The van der Waals surface area contributed by atoms with Crippen molar-refractivity contribution in [1.29, 1.82) is 0 Å². The molecule has 8 heteroatoms. The van der Waals surface area contributed by atoms with Crippen LogP contribution in [-0.4, -0.2) is 92.2 Å². The van der Waals surface area contributed by atoms with Crippen molar-refractivity contribution in [3.8, 4) is 11.5 Å². The number of hydrogen-bond acceptors (Lipinski definition) is 6. The van der Waals surface area contributed by atoms with Crippen LogP contribution < -0.4 is 9.47 Å². The van der Waals surface area contributed by atoms with E-state index in [2.05, 4.69) is 18.7 Å². The molecular formula is C27H35N3O5. The number of carbonyl (C=O) groups excluding carboxylic acids is 2. The van der Waals surface area contributed by atoms with Crippen molar-refractivity contribution >= 4 is 11.8 Å². The van der Waals surface area contributed by atoms with Crippen LogP contribution in [0, 0.1) is 0 Å². The molecule has 0 N–H and O–H groups in total. The summed E-state index contributed by atoms with van der Waals surface area (Å²) in [5, 5.41) is 0. The van der Waals surface area contributed by atoms with E-state index in [0.717, 1.165) is 19.6 Å². The Morgan fingerprint density at radius 1 is 0.800 bits per heavy atom. The third kappa shape index (κ3) is 5.94. The van der Waals surface area contributed by atoms with Crippen molar-refractivity contribution < 1.29 is 23.8 Å². The van der Waals surface area contributed by atoms with Gasteiger partial charge in [-0.3, -0.25) is 14.5 Å². The molecule has 0 aliphatic carbocycles. The molecule has 0 aromatic heterocycles. The van der Waals surface area contributed by atoms with Gasteiger partial charge in [0.1, 0.15) is 0 Å². The molecule has 0 bridgehead atoms. The first-order chi connectivity index (χ1) is 16.9. The summed E-state index contributed by atoms with van der Waals surface area (Å²) in [6, 6.07) is 13.1. The summed E-state index contributed by atoms with van der Waals surface area (Å²) < 4.78 is 16.4.